The highest BCUT2D eigenvalue weighted by Crippen LogP contribution is 2.23. The van der Waals surface area contributed by atoms with Crippen LogP contribution < -0.4 is 5.32 Å². The highest BCUT2D eigenvalue weighted by atomic mass is 79.9. The molecule has 0 heterocycles. The summed E-state index contributed by atoms with van der Waals surface area (Å²) < 4.78 is 0.714. The number of nitro benzene ring substituents is 1. The van der Waals surface area contributed by atoms with Gasteiger partial charge in [0, 0.05) is 22.3 Å². The van der Waals surface area contributed by atoms with Gasteiger partial charge in [-0.2, -0.15) is 0 Å². The van der Waals surface area contributed by atoms with E-state index in [0.29, 0.717) is 15.2 Å². The second-order valence-corrected chi connectivity index (χ2v) is 5.21. The lowest BCUT2D eigenvalue weighted by molar-refractivity contribution is -0.384. The zero-order valence-corrected chi connectivity index (χ0v) is 12.3. The van der Waals surface area contributed by atoms with Crippen molar-refractivity contribution >= 4 is 44.8 Å². The van der Waals surface area contributed by atoms with Crippen molar-refractivity contribution in [1.29, 1.82) is 0 Å². The lowest BCUT2D eigenvalue weighted by Gasteiger charge is -2.07. The minimum Gasteiger partial charge on any atom is -0.322 e. The lowest BCUT2D eigenvalue weighted by atomic mass is 10.2. The molecule has 5 nitrogen and oxygen atoms in total. The molecule has 0 unspecified atom stereocenters. The van der Waals surface area contributed by atoms with Gasteiger partial charge in [-0.05, 0) is 24.3 Å². The number of amides is 1. The van der Waals surface area contributed by atoms with Crippen molar-refractivity contribution in [2.24, 2.45) is 0 Å². The Balaban J connectivity index is 2.25. The summed E-state index contributed by atoms with van der Waals surface area (Å²) in [6.45, 7) is 0. The Bertz CT molecular complexity index is 691. The summed E-state index contributed by atoms with van der Waals surface area (Å²) in [5.41, 5.74) is 0.524. The van der Waals surface area contributed by atoms with E-state index in [4.69, 9.17) is 11.6 Å². The van der Waals surface area contributed by atoms with E-state index in [1.165, 1.54) is 18.2 Å². The molecule has 0 aliphatic rings. The molecule has 0 spiro atoms. The number of anilines is 1. The maximum absolute atomic E-state index is 12.1. The number of benzene rings is 2. The van der Waals surface area contributed by atoms with Crippen LogP contribution in [0.2, 0.25) is 5.02 Å². The average Bonchev–Trinajstić information content (AvgIpc) is 2.41. The predicted octanol–water partition coefficient (Wildman–Crippen LogP) is 4.26. The van der Waals surface area contributed by atoms with E-state index in [1.54, 1.807) is 24.3 Å². The number of hydrogen-bond acceptors (Lipinski definition) is 3. The Morgan fingerprint density at radius 1 is 1.25 bits per heavy atom. The van der Waals surface area contributed by atoms with E-state index < -0.39 is 10.8 Å². The molecule has 0 aromatic heterocycles. The third kappa shape index (κ3) is 3.34. The molecule has 0 fully saturated rings. The van der Waals surface area contributed by atoms with Crippen LogP contribution >= 0.6 is 27.5 Å². The summed E-state index contributed by atoms with van der Waals surface area (Å²) in [5.74, 6) is -0.434. The number of nitro groups is 1. The fraction of sp³-hybridized carbons (Fsp3) is 0. The number of carbonyl (C=O) groups excluding carboxylic acids is 1. The summed E-state index contributed by atoms with van der Waals surface area (Å²) in [6, 6.07) is 10.6. The molecule has 102 valence electrons. The van der Waals surface area contributed by atoms with Crippen LogP contribution in [0.4, 0.5) is 11.4 Å². The summed E-state index contributed by atoms with van der Waals surface area (Å²) in [7, 11) is 0. The van der Waals surface area contributed by atoms with Crippen LogP contribution in [0.3, 0.4) is 0 Å². The normalized spacial score (nSPS) is 10.1. The number of hydrogen-bond donors (Lipinski definition) is 1. The van der Waals surface area contributed by atoms with Gasteiger partial charge in [0.1, 0.15) is 0 Å². The second-order valence-electron chi connectivity index (χ2n) is 3.89. The van der Waals surface area contributed by atoms with Crippen molar-refractivity contribution in [3.63, 3.8) is 0 Å². The molecule has 2 aromatic rings. The monoisotopic (exact) mass is 354 g/mol. The molecule has 0 atom stereocenters. The Hall–Kier alpha value is -1.92. The number of non-ortho nitro benzene ring substituents is 1. The first-order chi connectivity index (χ1) is 9.47. The molecule has 0 aliphatic carbocycles. The molecule has 1 N–H and O–H groups in total. The van der Waals surface area contributed by atoms with E-state index in [2.05, 4.69) is 21.2 Å². The molecule has 0 saturated heterocycles. The summed E-state index contributed by atoms with van der Waals surface area (Å²) in [5, 5.41) is 13.5. The van der Waals surface area contributed by atoms with E-state index in [1.807, 2.05) is 0 Å². The average molecular weight is 356 g/mol. The van der Waals surface area contributed by atoms with Gasteiger partial charge in [0.2, 0.25) is 0 Å². The Morgan fingerprint density at radius 3 is 2.70 bits per heavy atom. The SMILES string of the molecule is O=C(Nc1cccc([N+](=O)[O-])c1)c1cc(Br)ccc1Cl. The standard InChI is InChI=1S/C13H8BrClN2O3/c14-8-4-5-12(15)11(6-8)13(18)16-9-2-1-3-10(7-9)17(19)20/h1-7H,(H,16,18). The van der Waals surface area contributed by atoms with Crippen LogP contribution in [-0.4, -0.2) is 10.8 Å². The highest BCUT2D eigenvalue weighted by molar-refractivity contribution is 9.10. The number of nitrogens with one attached hydrogen (secondary N) is 1. The van der Waals surface area contributed by atoms with Crippen LogP contribution in [0.1, 0.15) is 10.4 Å². The lowest BCUT2D eigenvalue weighted by Crippen LogP contribution is -2.12. The number of nitrogens with zero attached hydrogens (tertiary/aromatic N) is 1. The van der Waals surface area contributed by atoms with E-state index in [-0.39, 0.29) is 11.3 Å². The molecule has 0 bridgehead atoms. The van der Waals surface area contributed by atoms with Crippen LogP contribution in [0.5, 0.6) is 0 Å². The first-order valence-corrected chi connectivity index (χ1v) is 6.65. The maximum Gasteiger partial charge on any atom is 0.271 e. The summed E-state index contributed by atoms with van der Waals surface area (Å²) in [4.78, 5) is 22.2. The first kappa shape index (κ1) is 14.5. The van der Waals surface area contributed by atoms with Gasteiger partial charge in [0.15, 0.2) is 0 Å². The molecular formula is C13H8BrClN2O3. The Kier molecular flexibility index (Phi) is 4.36. The van der Waals surface area contributed by atoms with Gasteiger partial charge >= 0.3 is 0 Å². The van der Waals surface area contributed by atoms with E-state index >= 15 is 0 Å². The summed E-state index contributed by atoms with van der Waals surface area (Å²) >= 11 is 9.20. The van der Waals surface area contributed by atoms with Gasteiger partial charge in [-0.15, -0.1) is 0 Å². The molecule has 7 heteroatoms. The third-order valence-electron chi connectivity index (χ3n) is 2.49. The van der Waals surface area contributed by atoms with Crippen LogP contribution in [0.15, 0.2) is 46.9 Å². The van der Waals surface area contributed by atoms with E-state index in [0.717, 1.165) is 0 Å². The molecule has 20 heavy (non-hydrogen) atoms. The van der Waals surface area contributed by atoms with Gasteiger partial charge in [-0.3, -0.25) is 14.9 Å². The second kappa shape index (κ2) is 6.02. The largest absolute Gasteiger partial charge is 0.322 e. The smallest absolute Gasteiger partial charge is 0.271 e. The Morgan fingerprint density at radius 2 is 2.00 bits per heavy atom. The maximum atomic E-state index is 12.1. The molecule has 0 radical (unpaired) electrons. The quantitative estimate of drug-likeness (QED) is 0.660. The minimum atomic E-state index is -0.526. The van der Waals surface area contributed by atoms with Crippen LogP contribution in [-0.2, 0) is 0 Å². The first-order valence-electron chi connectivity index (χ1n) is 5.48. The van der Waals surface area contributed by atoms with Gasteiger partial charge in [0.05, 0.1) is 15.5 Å². The fourth-order valence-electron chi connectivity index (χ4n) is 1.57. The zero-order chi connectivity index (χ0) is 14.7. The zero-order valence-electron chi connectivity index (χ0n) is 9.97. The van der Waals surface area contributed by atoms with Crippen LogP contribution in [0.25, 0.3) is 0 Å². The molecule has 0 saturated carbocycles. The highest BCUT2D eigenvalue weighted by Gasteiger charge is 2.13. The third-order valence-corrected chi connectivity index (χ3v) is 3.31. The van der Waals surface area contributed by atoms with Gasteiger partial charge in [0.25, 0.3) is 11.6 Å². The van der Waals surface area contributed by atoms with E-state index in [9.17, 15) is 14.9 Å². The van der Waals surface area contributed by atoms with Crippen molar-refractivity contribution in [3.05, 3.63) is 67.6 Å². The molecule has 2 rings (SSSR count). The summed E-state index contributed by atoms with van der Waals surface area (Å²) in [6.07, 6.45) is 0. The topological polar surface area (TPSA) is 72.2 Å². The fourth-order valence-corrected chi connectivity index (χ4v) is 2.13. The van der Waals surface area contributed by atoms with Crippen molar-refractivity contribution < 1.29 is 9.72 Å². The number of halogens is 2. The van der Waals surface area contributed by atoms with Crippen molar-refractivity contribution in [3.8, 4) is 0 Å². The van der Waals surface area contributed by atoms with Crippen molar-refractivity contribution in [1.82, 2.24) is 0 Å². The van der Waals surface area contributed by atoms with Crippen molar-refractivity contribution in [2.75, 3.05) is 5.32 Å². The van der Waals surface area contributed by atoms with Gasteiger partial charge in [-0.1, -0.05) is 33.6 Å². The number of carbonyl (C=O) groups is 1. The van der Waals surface area contributed by atoms with Gasteiger partial charge < -0.3 is 5.32 Å². The Labute approximate surface area is 127 Å². The number of rotatable bonds is 3. The molecule has 0 aliphatic heterocycles. The van der Waals surface area contributed by atoms with Crippen LogP contribution in [0, 0.1) is 10.1 Å². The molecule has 1 amide bonds. The van der Waals surface area contributed by atoms with Gasteiger partial charge in [-0.25, -0.2) is 0 Å². The molecular weight excluding hydrogens is 348 g/mol. The predicted molar refractivity (Wildman–Crippen MR) is 80.2 cm³/mol. The van der Waals surface area contributed by atoms with Crippen molar-refractivity contribution in [2.45, 2.75) is 0 Å². The minimum absolute atomic E-state index is 0.0943. The molecule has 2 aromatic carbocycles.